The van der Waals surface area contributed by atoms with Gasteiger partial charge < -0.3 is 15.2 Å². The second kappa shape index (κ2) is 6.14. The number of ether oxygens (including phenoxy) is 2. The highest BCUT2D eigenvalue weighted by Crippen LogP contribution is 2.38. The summed E-state index contributed by atoms with van der Waals surface area (Å²) in [4.78, 5) is 0. The summed E-state index contributed by atoms with van der Waals surface area (Å²) >= 11 is 12.3. The van der Waals surface area contributed by atoms with Crippen molar-refractivity contribution in [3.63, 3.8) is 0 Å². The summed E-state index contributed by atoms with van der Waals surface area (Å²) < 4.78 is 11.3. The van der Waals surface area contributed by atoms with Gasteiger partial charge in [-0.2, -0.15) is 0 Å². The number of hydrogen-bond donors (Lipinski definition) is 1. The second-order valence-corrected chi connectivity index (χ2v) is 5.74. The van der Waals surface area contributed by atoms with Crippen LogP contribution in [0.5, 0.6) is 11.5 Å². The number of halogens is 2. The average Bonchev–Trinajstić information content (AvgIpc) is 2.71. The molecule has 5 heteroatoms. The van der Waals surface area contributed by atoms with Crippen molar-refractivity contribution >= 4 is 23.2 Å². The van der Waals surface area contributed by atoms with Gasteiger partial charge in [0.25, 0.3) is 0 Å². The van der Waals surface area contributed by atoms with E-state index in [1.54, 1.807) is 6.07 Å². The van der Waals surface area contributed by atoms with E-state index in [-0.39, 0.29) is 6.04 Å². The minimum absolute atomic E-state index is 0.341. The molecule has 1 atom stereocenters. The zero-order chi connectivity index (χ0) is 14.8. The van der Waals surface area contributed by atoms with E-state index in [2.05, 4.69) is 0 Å². The molecule has 0 fully saturated rings. The lowest BCUT2D eigenvalue weighted by molar-refractivity contribution is 0.297. The van der Waals surface area contributed by atoms with Crippen molar-refractivity contribution in [2.24, 2.45) is 5.73 Å². The van der Waals surface area contributed by atoms with Gasteiger partial charge in [0.1, 0.15) is 0 Å². The molecule has 1 unspecified atom stereocenters. The van der Waals surface area contributed by atoms with E-state index in [4.69, 9.17) is 38.4 Å². The Hall–Kier alpha value is -1.42. The van der Waals surface area contributed by atoms with E-state index in [1.807, 2.05) is 30.3 Å². The number of benzene rings is 2. The average molecular weight is 324 g/mol. The first-order valence-electron chi connectivity index (χ1n) is 6.75. The van der Waals surface area contributed by atoms with Gasteiger partial charge in [-0.3, -0.25) is 0 Å². The summed E-state index contributed by atoms with van der Waals surface area (Å²) in [6, 6.07) is 10.7. The van der Waals surface area contributed by atoms with Gasteiger partial charge in [0, 0.05) is 22.5 Å². The van der Waals surface area contributed by atoms with Gasteiger partial charge in [0.2, 0.25) is 0 Å². The molecule has 0 radical (unpaired) electrons. The Balaban J connectivity index is 1.97. The molecule has 3 rings (SSSR count). The number of nitrogens with two attached hydrogens (primary N) is 1. The molecule has 0 aromatic heterocycles. The fourth-order valence-corrected chi connectivity index (χ4v) is 2.68. The maximum atomic E-state index is 6.35. The van der Waals surface area contributed by atoms with E-state index in [0.29, 0.717) is 34.8 Å². The molecule has 2 N–H and O–H groups in total. The standard InChI is InChI=1S/C16H15Cl2NO2/c17-11-4-2-10(3-5-11)16(19)12-8-14-15(9-13(12)18)21-7-1-6-20-14/h2-5,8-9,16H,1,6-7,19H2. The number of hydrogen-bond acceptors (Lipinski definition) is 3. The van der Waals surface area contributed by atoms with E-state index in [1.165, 1.54) is 0 Å². The molecule has 1 heterocycles. The summed E-state index contributed by atoms with van der Waals surface area (Å²) in [6.45, 7) is 1.26. The molecule has 3 nitrogen and oxygen atoms in total. The van der Waals surface area contributed by atoms with Crippen LogP contribution >= 0.6 is 23.2 Å². The largest absolute Gasteiger partial charge is 0.490 e. The van der Waals surface area contributed by atoms with Gasteiger partial charge in [-0.05, 0) is 29.3 Å². The molecule has 2 aromatic rings. The van der Waals surface area contributed by atoms with Gasteiger partial charge in [-0.25, -0.2) is 0 Å². The highest BCUT2D eigenvalue weighted by atomic mass is 35.5. The third-order valence-corrected chi connectivity index (χ3v) is 4.01. The van der Waals surface area contributed by atoms with Gasteiger partial charge >= 0.3 is 0 Å². The van der Waals surface area contributed by atoms with E-state index < -0.39 is 0 Å². The van der Waals surface area contributed by atoms with Crippen molar-refractivity contribution in [1.29, 1.82) is 0 Å². The van der Waals surface area contributed by atoms with Crippen LogP contribution in [0.2, 0.25) is 10.0 Å². The molecule has 0 saturated heterocycles. The molecule has 0 amide bonds. The summed E-state index contributed by atoms with van der Waals surface area (Å²) in [6.07, 6.45) is 0.852. The lowest BCUT2D eigenvalue weighted by atomic mass is 9.99. The summed E-state index contributed by atoms with van der Waals surface area (Å²) in [5, 5.41) is 1.25. The molecule has 0 bridgehead atoms. The molecule has 1 aliphatic rings. The minimum atomic E-state index is -0.341. The molecular weight excluding hydrogens is 309 g/mol. The van der Waals surface area contributed by atoms with Crippen molar-refractivity contribution in [3.8, 4) is 11.5 Å². The Kier molecular flexibility index (Phi) is 4.24. The highest BCUT2D eigenvalue weighted by molar-refractivity contribution is 6.31. The fraction of sp³-hybridized carbons (Fsp3) is 0.250. The fourth-order valence-electron chi connectivity index (χ4n) is 2.29. The summed E-state index contributed by atoms with van der Waals surface area (Å²) in [7, 11) is 0. The summed E-state index contributed by atoms with van der Waals surface area (Å²) in [5.74, 6) is 1.36. The quantitative estimate of drug-likeness (QED) is 0.900. The van der Waals surface area contributed by atoms with Gasteiger partial charge in [0.15, 0.2) is 11.5 Å². The van der Waals surface area contributed by atoms with Crippen molar-refractivity contribution in [3.05, 3.63) is 57.6 Å². The SMILES string of the molecule is NC(c1ccc(Cl)cc1)c1cc2c(cc1Cl)OCCCO2. The van der Waals surface area contributed by atoms with Crippen molar-refractivity contribution in [2.45, 2.75) is 12.5 Å². The third-order valence-electron chi connectivity index (χ3n) is 3.43. The first-order valence-corrected chi connectivity index (χ1v) is 7.51. The van der Waals surface area contributed by atoms with Crippen molar-refractivity contribution < 1.29 is 9.47 Å². The highest BCUT2D eigenvalue weighted by Gasteiger charge is 2.19. The van der Waals surface area contributed by atoms with Crippen molar-refractivity contribution in [2.75, 3.05) is 13.2 Å². The summed E-state index contributed by atoms with van der Waals surface area (Å²) in [5.41, 5.74) is 8.06. The lowest BCUT2D eigenvalue weighted by Gasteiger charge is -2.17. The normalized spacial score (nSPS) is 15.4. The van der Waals surface area contributed by atoms with Crippen LogP contribution in [0.1, 0.15) is 23.6 Å². The zero-order valence-electron chi connectivity index (χ0n) is 11.3. The predicted molar refractivity (Wildman–Crippen MR) is 84.5 cm³/mol. The Morgan fingerprint density at radius 2 is 1.57 bits per heavy atom. The zero-order valence-corrected chi connectivity index (χ0v) is 12.8. The Morgan fingerprint density at radius 1 is 0.952 bits per heavy atom. The lowest BCUT2D eigenvalue weighted by Crippen LogP contribution is -2.12. The van der Waals surface area contributed by atoms with Crippen LogP contribution in [0.4, 0.5) is 0 Å². The number of rotatable bonds is 2. The van der Waals surface area contributed by atoms with Crippen LogP contribution in [0.25, 0.3) is 0 Å². The smallest absolute Gasteiger partial charge is 0.162 e. The molecule has 0 saturated carbocycles. The molecule has 110 valence electrons. The van der Waals surface area contributed by atoms with Gasteiger partial charge in [-0.1, -0.05) is 35.3 Å². The molecular formula is C16H15Cl2NO2. The Bertz CT molecular complexity index is 643. The first kappa shape index (κ1) is 14.5. The van der Waals surface area contributed by atoms with Crippen LogP contribution < -0.4 is 15.2 Å². The number of fused-ring (bicyclic) bond motifs is 1. The van der Waals surface area contributed by atoms with Gasteiger partial charge in [-0.15, -0.1) is 0 Å². The molecule has 21 heavy (non-hydrogen) atoms. The molecule has 0 spiro atoms. The maximum Gasteiger partial charge on any atom is 0.162 e. The molecule has 1 aliphatic heterocycles. The molecule has 2 aromatic carbocycles. The molecule has 0 aliphatic carbocycles. The van der Waals surface area contributed by atoms with Crippen LogP contribution in [-0.2, 0) is 0 Å². The maximum absolute atomic E-state index is 6.35. The Morgan fingerprint density at radius 3 is 2.24 bits per heavy atom. The first-order chi connectivity index (χ1) is 10.1. The Labute approximate surface area is 133 Å². The second-order valence-electron chi connectivity index (χ2n) is 4.90. The van der Waals surface area contributed by atoms with Crippen LogP contribution in [-0.4, -0.2) is 13.2 Å². The van der Waals surface area contributed by atoms with E-state index in [9.17, 15) is 0 Å². The van der Waals surface area contributed by atoms with E-state index >= 15 is 0 Å². The topological polar surface area (TPSA) is 44.5 Å². The predicted octanol–water partition coefficient (Wildman–Crippen LogP) is 4.20. The van der Waals surface area contributed by atoms with E-state index in [0.717, 1.165) is 17.5 Å². The third kappa shape index (κ3) is 3.10. The monoisotopic (exact) mass is 323 g/mol. The van der Waals surface area contributed by atoms with Crippen LogP contribution in [0.3, 0.4) is 0 Å². The van der Waals surface area contributed by atoms with Crippen molar-refractivity contribution in [1.82, 2.24) is 0 Å². The van der Waals surface area contributed by atoms with Gasteiger partial charge in [0.05, 0.1) is 19.3 Å². The minimum Gasteiger partial charge on any atom is -0.490 e. The van der Waals surface area contributed by atoms with Crippen LogP contribution in [0.15, 0.2) is 36.4 Å². The van der Waals surface area contributed by atoms with Crippen LogP contribution in [0, 0.1) is 0 Å².